The van der Waals surface area contributed by atoms with E-state index in [4.69, 9.17) is 0 Å². The highest BCUT2D eigenvalue weighted by Crippen LogP contribution is 2.20. The number of hydrogen-bond acceptors (Lipinski definition) is 1. The number of rotatable bonds is 4. The van der Waals surface area contributed by atoms with Gasteiger partial charge >= 0.3 is 0 Å². The van der Waals surface area contributed by atoms with Gasteiger partial charge in [0.05, 0.1) is 6.54 Å². The van der Waals surface area contributed by atoms with Crippen LogP contribution in [-0.4, -0.2) is 19.5 Å². The van der Waals surface area contributed by atoms with Gasteiger partial charge in [-0.15, -0.1) is 0 Å². The summed E-state index contributed by atoms with van der Waals surface area (Å²) in [7, 11) is 1.44. The summed E-state index contributed by atoms with van der Waals surface area (Å²) in [6.45, 7) is -0.443. The number of benzene rings is 1. The number of nitrogens with one attached hydrogen (secondary N) is 1. The largest absolute Gasteiger partial charge is 0.314 e. The molecule has 0 heterocycles. The molecule has 1 nitrogen and oxygen atoms in total. The van der Waals surface area contributed by atoms with E-state index in [0.29, 0.717) is 0 Å². The van der Waals surface area contributed by atoms with Crippen LogP contribution in [0.25, 0.3) is 0 Å². The van der Waals surface area contributed by atoms with Gasteiger partial charge in [-0.1, -0.05) is 18.2 Å². The normalized spacial score (nSPS) is 11.7. The fourth-order valence-corrected chi connectivity index (χ4v) is 1.24. The average Bonchev–Trinajstić information content (AvgIpc) is 2.08. The Morgan fingerprint density at radius 1 is 1.29 bits per heavy atom. The van der Waals surface area contributed by atoms with Crippen molar-refractivity contribution in [1.29, 1.82) is 0 Å². The lowest BCUT2D eigenvalue weighted by Gasteiger charge is -2.15. The molecule has 0 aliphatic heterocycles. The Morgan fingerprint density at radius 3 is 2.50 bits per heavy atom. The van der Waals surface area contributed by atoms with Crippen molar-refractivity contribution in [3.63, 3.8) is 0 Å². The molecule has 0 aliphatic carbocycles. The van der Waals surface area contributed by atoms with Gasteiger partial charge in [0.25, 0.3) is 5.92 Å². The zero-order chi connectivity index (χ0) is 10.6. The van der Waals surface area contributed by atoms with E-state index in [1.165, 1.54) is 25.2 Å². The fourth-order valence-electron chi connectivity index (χ4n) is 1.24. The van der Waals surface area contributed by atoms with E-state index < -0.39 is 24.7 Å². The highest BCUT2D eigenvalue weighted by Gasteiger charge is 2.29. The summed E-state index contributed by atoms with van der Waals surface area (Å²) < 4.78 is 39.1. The van der Waals surface area contributed by atoms with Gasteiger partial charge in [0, 0.05) is 6.42 Å². The average molecular weight is 203 g/mol. The molecule has 0 spiro atoms. The molecule has 0 unspecified atom stereocenters. The maximum Gasteiger partial charge on any atom is 0.264 e. The van der Waals surface area contributed by atoms with Crippen LogP contribution in [0.5, 0.6) is 0 Å². The van der Waals surface area contributed by atoms with Crippen LogP contribution in [0.1, 0.15) is 5.56 Å². The van der Waals surface area contributed by atoms with Crippen LogP contribution < -0.4 is 5.32 Å². The van der Waals surface area contributed by atoms with Crippen molar-refractivity contribution >= 4 is 0 Å². The van der Waals surface area contributed by atoms with Crippen LogP contribution in [0.2, 0.25) is 0 Å². The van der Waals surface area contributed by atoms with Crippen LogP contribution in [0.15, 0.2) is 24.3 Å². The van der Waals surface area contributed by atoms with E-state index in [0.717, 1.165) is 0 Å². The maximum atomic E-state index is 13.1. The molecule has 1 rings (SSSR count). The van der Waals surface area contributed by atoms with E-state index in [1.54, 1.807) is 6.07 Å². The third-order valence-electron chi connectivity index (χ3n) is 1.84. The molecule has 0 bridgehead atoms. The van der Waals surface area contributed by atoms with Gasteiger partial charge in [0.2, 0.25) is 0 Å². The molecule has 0 saturated heterocycles. The van der Waals surface area contributed by atoms with Gasteiger partial charge < -0.3 is 5.32 Å². The first-order valence-corrected chi connectivity index (χ1v) is 4.31. The Balaban J connectivity index is 2.73. The molecule has 0 radical (unpaired) electrons. The molecule has 0 amide bonds. The molecule has 0 aliphatic rings. The smallest absolute Gasteiger partial charge is 0.264 e. The second kappa shape index (κ2) is 4.46. The predicted octanol–water partition coefficient (Wildman–Crippen LogP) is 2.22. The van der Waals surface area contributed by atoms with Gasteiger partial charge in [-0.05, 0) is 18.7 Å². The first kappa shape index (κ1) is 11.0. The van der Waals surface area contributed by atoms with Gasteiger partial charge in [-0.3, -0.25) is 0 Å². The van der Waals surface area contributed by atoms with Gasteiger partial charge in [-0.2, -0.15) is 0 Å². The molecule has 0 fully saturated rings. The third kappa shape index (κ3) is 3.03. The van der Waals surface area contributed by atoms with Crippen LogP contribution in [0.3, 0.4) is 0 Å². The molecular formula is C10H12F3N. The van der Waals surface area contributed by atoms with Crippen molar-refractivity contribution in [3.8, 4) is 0 Å². The lowest BCUT2D eigenvalue weighted by Crippen LogP contribution is -2.32. The van der Waals surface area contributed by atoms with Crippen molar-refractivity contribution in [2.45, 2.75) is 12.3 Å². The molecule has 78 valence electrons. The molecule has 0 saturated carbocycles. The third-order valence-corrected chi connectivity index (χ3v) is 1.84. The molecule has 1 aromatic rings. The molecular weight excluding hydrogens is 191 g/mol. The molecule has 1 aromatic carbocycles. The lowest BCUT2D eigenvalue weighted by molar-refractivity contribution is 0.00373. The standard InChI is InChI=1S/C10H12F3N/c1-14-7-10(12,13)6-8-4-2-3-5-9(8)11/h2-5,14H,6-7H2,1H3. The minimum absolute atomic E-state index is 0.0488. The maximum absolute atomic E-state index is 13.1. The monoisotopic (exact) mass is 203 g/mol. The fraction of sp³-hybridized carbons (Fsp3) is 0.400. The van der Waals surface area contributed by atoms with Crippen LogP contribution in [-0.2, 0) is 6.42 Å². The van der Waals surface area contributed by atoms with Gasteiger partial charge in [-0.25, -0.2) is 13.2 Å². The summed E-state index contributed by atoms with van der Waals surface area (Å²) in [5.74, 6) is -3.49. The van der Waals surface area contributed by atoms with Crippen molar-refractivity contribution < 1.29 is 13.2 Å². The van der Waals surface area contributed by atoms with Crippen molar-refractivity contribution in [3.05, 3.63) is 35.6 Å². The Kier molecular flexibility index (Phi) is 3.52. The second-order valence-electron chi connectivity index (χ2n) is 3.15. The Morgan fingerprint density at radius 2 is 1.93 bits per heavy atom. The molecule has 1 N–H and O–H groups in total. The summed E-state index contributed by atoms with van der Waals surface area (Å²) in [5.41, 5.74) is 0.0488. The minimum Gasteiger partial charge on any atom is -0.314 e. The van der Waals surface area contributed by atoms with E-state index in [2.05, 4.69) is 5.32 Å². The summed E-state index contributed by atoms with van der Waals surface area (Å²) in [4.78, 5) is 0. The van der Waals surface area contributed by atoms with Crippen molar-refractivity contribution in [1.82, 2.24) is 5.32 Å². The summed E-state index contributed by atoms with van der Waals surface area (Å²) in [6.07, 6.45) is -0.569. The highest BCUT2D eigenvalue weighted by molar-refractivity contribution is 5.18. The molecule has 0 aromatic heterocycles. The van der Waals surface area contributed by atoms with E-state index in [1.807, 2.05) is 0 Å². The highest BCUT2D eigenvalue weighted by atomic mass is 19.3. The van der Waals surface area contributed by atoms with Gasteiger partial charge in [0.1, 0.15) is 5.82 Å². The zero-order valence-electron chi connectivity index (χ0n) is 7.86. The van der Waals surface area contributed by atoms with Crippen LogP contribution >= 0.6 is 0 Å². The Bertz CT molecular complexity index is 299. The quantitative estimate of drug-likeness (QED) is 0.791. The Labute approximate surface area is 80.9 Å². The van der Waals surface area contributed by atoms with Crippen molar-refractivity contribution in [2.24, 2.45) is 0 Å². The second-order valence-corrected chi connectivity index (χ2v) is 3.15. The van der Waals surface area contributed by atoms with Crippen LogP contribution in [0.4, 0.5) is 13.2 Å². The number of alkyl halides is 2. The number of halogens is 3. The van der Waals surface area contributed by atoms with E-state index >= 15 is 0 Å². The van der Waals surface area contributed by atoms with E-state index in [9.17, 15) is 13.2 Å². The van der Waals surface area contributed by atoms with Crippen LogP contribution in [0, 0.1) is 5.82 Å². The first-order valence-electron chi connectivity index (χ1n) is 4.31. The summed E-state index contributed by atoms with van der Waals surface area (Å²) in [6, 6.07) is 5.59. The Hall–Kier alpha value is -1.03. The van der Waals surface area contributed by atoms with Gasteiger partial charge in [0.15, 0.2) is 0 Å². The molecule has 0 atom stereocenters. The summed E-state index contributed by atoms with van der Waals surface area (Å²) in [5, 5.41) is 2.38. The van der Waals surface area contributed by atoms with E-state index in [-0.39, 0.29) is 5.56 Å². The minimum atomic E-state index is -2.91. The molecule has 4 heteroatoms. The summed E-state index contributed by atoms with van der Waals surface area (Å²) >= 11 is 0. The zero-order valence-corrected chi connectivity index (χ0v) is 7.86. The predicted molar refractivity (Wildman–Crippen MR) is 49.0 cm³/mol. The van der Waals surface area contributed by atoms with Crippen molar-refractivity contribution in [2.75, 3.05) is 13.6 Å². The molecule has 14 heavy (non-hydrogen) atoms. The number of hydrogen-bond donors (Lipinski definition) is 1. The lowest BCUT2D eigenvalue weighted by atomic mass is 10.1. The first-order chi connectivity index (χ1) is 6.55. The topological polar surface area (TPSA) is 12.0 Å². The SMILES string of the molecule is CNCC(F)(F)Cc1ccccc1F.